The van der Waals surface area contributed by atoms with E-state index < -0.39 is 0 Å². The van der Waals surface area contributed by atoms with Crippen LogP contribution in [0.5, 0.6) is 0 Å². The highest BCUT2D eigenvalue weighted by Crippen LogP contribution is 2.48. The molecule has 2 aromatic heterocycles. The van der Waals surface area contributed by atoms with E-state index in [1.54, 1.807) is 0 Å². The summed E-state index contributed by atoms with van der Waals surface area (Å²) >= 11 is 0. The molecule has 0 fully saturated rings. The first-order chi connectivity index (χ1) is 28.8. The molecule has 0 N–H and O–H groups in total. The Labute approximate surface area is 337 Å². The van der Waals surface area contributed by atoms with Gasteiger partial charge in [0.1, 0.15) is 0 Å². The van der Waals surface area contributed by atoms with Crippen molar-refractivity contribution in [2.75, 3.05) is 0 Å². The first-order valence-corrected chi connectivity index (χ1v) is 19.8. The van der Waals surface area contributed by atoms with Crippen LogP contribution in [0, 0.1) is 0 Å². The fraction of sp³-hybridized carbons (Fsp3) is 0. The molecule has 0 bridgehead atoms. The van der Waals surface area contributed by atoms with E-state index in [1.165, 1.54) is 98.7 Å². The predicted molar refractivity (Wildman–Crippen MR) is 245 cm³/mol. The normalized spacial score (nSPS) is 11.4. The molecule has 2 heteroatoms. The van der Waals surface area contributed by atoms with Gasteiger partial charge in [-0.3, -0.25) is 9.97 Å². The topological polar surface area (TPSA) is 25.8 Å². The lowest BCUT2D eigenvalue weighted by Crippen LogP contribution is -1.94. The first kappa shape index (κ1) is 33.6. The molecule has 0 radical (unpaired) electrons. The van der Waals surface area contributed by atoms with Crippen molar-refractivity contribution in [2.45, 2.75) is 0 Å². The minimum Gasteiger partial charge on any atom is -0.264 e. The fourth-order valence-corrected chi connectivity index (χ4v) is 9.21. The Bertz CT molecular complexity index is 2970. The summed E-state index contributed by atoms with van der Waals surface area (Å²) in [7, 11) is 0. The lowest BCUT2D eigenvalue weighted by Gasteiger charge is -2.21. The van der Waals surface area contributed by atoms with Gasteiger partial charge in [-0.15, -0.1) is 0 Å². The van der Waals surface area contributed by atoms with Crippen LogP contribution in [0.25, 0.3) is 110 Å². The van der Waals surface area contributed by atoms with Gasteiger partial charge >= 0.3 is 0 Å². The molecule has 270 valence electrons. The molecule has 0 aliphatic carbocycles. The van der Waals surface area contributed by atoms with E-state index in [1.807, 2.05) is 36.9 Å². The van der Waals surface area contributed by atoms with Crippen molar-refractivity contribution in [3.05, 3.63) is 219 Å². The van der Waals surface area contributed by atoms with Gasteiger partial charge in [-0.05, 0) is 111 Å². The molecule has 0 aliphatic heterocycles. The molecule has 11 aromatic rings. The van der Waals surface area contributed by atoms with Gasteiger partial charge in [-0.25, -0.2) is 0 Å². The molecule has 2 heterocycles. The second-order valence-corrected chi connectivity index (χ2v) is 14.8. The Hall–Kier alpha value is -7.68. The second-order valence-electron chi connectivity index (χ2n) is 14.8. The Morgan fingerprint density at radius 1 is 0.207 bits per heavy atom. The second kappa shape index (κ2) is 14.1. The Kier molecular flexibility index (Phi) is 8.19. The van der Waals surface area contributed by atoms with Crippen LogP contribution in [-0.2, 0) is 0 Å². The maximum atomic E-state index is 4.47. The van der Waals surface area contributed by atoms with Crippen molar-refractivity contribution in [3.63, 3.8) is 0 Å². The molecule has 11 rings (SSSR count). The molecule has 0 saturated heterocycles. The van der Waals surface area contributed by atoms with Gasteiger partial charge in [0.05, 0.1) is 0 Å². The van der Waals surface area contributed by atoms with Gasteiger partial charge in [-0.1, -0.05) is 182 Å². The molecule has 0 unspecified atom stereocenters. The Morgan fingerprint density at radius 2 is 0.483 bits per heavy atom. The summed E-state index contributed by atoms with van der Waals surface area (Å²) in [5.74, 6) is 0. The minimum atomic E-state index is 1.11. The zero-order valence-corrected chi connectivity index (χ0v) is 31.7. The molecule has 0 aliphatic rings. The van der Waals surface area contributed by atoms with Crippen molar-refractivity contribution in [3.8, 4) is 66.8 Å². The third-order valence-corrected chi connectivity index (χ3v) is 11.7. The summed E-state index contributed by atoms with van der Waals surface area (Å²) < 4.78 is 0. The van der Waals surface area contributed by atoms with Crippen LogP contribution in [0.1, 0.15) is 0 Å². The standard InChI is InChI=1S/C56H36N2/c1-3-19-43(41(17-1)39-15-13-33-57-35-39)55-49-25-9-5-21-45(49)53(46-22-6-10-26-50(46)55)37-29-31-38(32-30-37)54-47-23-7-11-27-51(47)56(52-28-12-8-24-48(52)54)44-20-4-2-18-42(44)40-16-14-34-58-36-40/h1-36H. The van der Waals surface area contributed by atoms with Crippen molar-refractivity contribution in [1.29, 1.82) is 0 Å². The number of benzene rings is 9. The predicted octanol–water partition coefficient (Wildman–Crippen LogP) is 15.1. The Balaban J connectivity index is 1.11. The molecular weight excluding hydrogens is 701 g/mol. The van der Waals surface area contributed by atoms with Crippen molar-refractivity contribution < 1.29 is 0 Å². The molecule has 0 atom stereocenters. The summed E-state index contributed by atoms with van der Waals surface area (Å²) in [6.07, 6.45) is 7.59. The zero-order valence-electron chi connectivity index (χ0n) is 31.7. The van der Waals surface area contributed by atoms with Crippen LogP contribution >= 0.6 is 0 Å². The van der Waals surface area contributed by atoms with E-state index in [9.17, 15) is 0 Å². The lowest BCUT2D eigenvalue weighted by atomic mass is 9.82. The SMILES string of the molecule is c1cncc(-c2ccccc2-c2c3ccccc3c(-c3ccc(-c4c5ccccc5c(-c5ccccc5-c5cccnc5)c5ccccc45)cc3)c3ccccc23)c1. The van der Waals surface area contributed by atoms with E-state index in [0.717, 1.165) is 11.1 Å². The van der Waals surface area contributed by atoms with Crippen molar-refractivity contribution in [1.82, 2.24) is 9.97 Å². The maximum Gasteiger partial charge on any atom is 0.0346 e. The highest BCUT2D eigenvalue weighted by atomic mass is 14.6. The number of hydrogen-bond donors (Lipinski definition) is 0. The van der Waals surface area contributed by atoms with Gasteiger partial charge in [0, 0.05) is 35.9 Å². The van der Waals surface area contributed by atoms with Crippen LogP contribution in [0.2, 0.25) is 0 Å². The number of hydrogen-bond acceptors (Lipinski definition) is 2. The van der Waals surface area contributed by atoms with Crippen molar-refractivity contribution in [2.24, 2.45) is 0 Å². The summed E-state index contributed by atoms with van der Waals surface area (Å²) in [5, 5.41) is 9.86. The highest BCUT2D eigenvalue weighted by Gasteiger charge is 2.21. The molecule has 0 amide bonds. The average molecular weight is 737 g/mol. The van der Waals surface area contributed by atoms with Gasteiger partial charge in [0.2, 0.25) is 0 Å². The molecule has 2 nitrogen and oxygen atoms in total. The largest absolute Gasteiger partial charge is 0.264 e. The number of pyridine rings is 2. The summed E-state index contributed by atoms with van der Waals surface area (Å²) in [6.45, 7) is 0. The number of fused-ring (bicyclic) bond motifs is 4. The molecular formula is C56H36N2. The number of nitrogens with zero attached hydrogens (tertiary/aromatic N) is 2. The van der Waals surface area contributed by atoms with Gasteiger partial charge < -0.3 is 0 Å². The van der Waals surface area contributed by atoms with E-state index in [-0.39, 0.29) is 0 Å². The highest BCUT2D eigenvalue weighted by molar-refractivity contribution is 6.24. The van der Waals surface area contributed by atoms with Gasteiger partial charge in [0.25, 0.3) is 0 Å². The van der Waals surface area contributed by atoms with Crippen molar-refractivity contribution >= 4 is 43.1 Å². The molecule has 0 spiro atoms. The minimum absolute atomic E-state index is 1.11. The average Bonchev–Trinajstić information content (AvgIpc) is 3.30. The lowest BCUT2D eigenvalue weighted by molar-refractivity contribution is 1.33. The van der Waals surface area contributed by atoms with Gasteiger partial charge in [0.15, 0.2) is 0 Å². The number of rotatable bonds is 6. The van der Waals surface area contributed by atoms with Crippen LogP contribution in [0.15, 0.2) is 219 Å². The summed E-state index contributed by atoms with van der Waals surface area (Å²) in [4.78, 5) is 8.93. The summed E-state index contributed by atoms with van der Waals surface area (Å²) in [5.41, 5.74) is 14.3. The third-order valence-electron chi connectivity index (χ3n) is 11.7. The van der Waals surface area contributed by atoms with E-state index in [0.29, 0.717) is 0 Å². The van der Waals surface area contributed by atoms with E-state index >= 15 is 0 Å². The van der Waals surface area contributed by atoms with Crippen LogP contribution in [0.3, 0.4) is 0 Å². The molecule has 0 saturated carbocycles. The number of aromatic nitrogens is 2. The van der Waals surface area contributed by atoms with E-state index in [4.69, 9.17) is 0 Å². The van der Waals surface area contributed by atoms with E-state index in [2.05, 4.69) is 192 Å². The molecule has 58 heavy (non-hydrogen) atoms. The molecule has 9 aromatic carbocycles. The fourth-order valence-electron chi connectivity index (χ4n) is 9.21. The summed E-state index contributed by atoms with van der Waals surface area (Å²) in [6, 6.07) is 70.6. The monoisotopic (exact) mass is 736 g/mol. The zero-order chi connectivity index (χ0) is 38.4. The van der Waals surface area contributed by atoms with Crippen LogP contribution in [-0.4, -0.2) is 9.97 Å². The van der Waals surface area contributed by atoms with Crippen LogP contribution < -0.4 is 0 Å². The quantitative estimate of drug-likeness (QED) is 0.159. The Morgan fingerprint density at radius 3 is 0.776 bits per heavy atom. The maximum absolute atomic E-state index is 4.47. The third kappa shape index (κ3) is 5.50. The smallest absolute Gasteiger partial charge is 0.0346 e. The first-order valence-electron chi connectivity index (χ1n) is 19.8. The van der Waals surface area contributed by atoms with Gasteiger partial charge in [-0.2, -0.15) is 0 Å². The van der Waals surface area contributed by atoms with Crippen LogP contribution in [0.4, 0.5) is 0 Å².